The third-order valence-corrected chi connectivity index (χ3v) is 5.04. The van der Waals surface area contributed by atoms with Gasteiger partial charge in [-0.2, -0.15) is 0 Å². The Labute approximate surface area is 113 Å². The molecule has 6 nitrogen and oxygen atoms in total. The summed E-state index contributed by atoms with van der Waals surface area (Å²) < 4.78 is 26.2. The zero-order valence-corrected chi connectivity index (χ0v) is 11.5. The summed E-state index contributed by atoms with van der Waals surface area (Å²) in [6.07, 6.45) is 0. The molecule has 0 saturated carbocycles. The summed E-state index contributed by atoms with van der Waals surface area (Å²) in [5.74, 6) is -1.37. The summed E-state index contributed by atoms with van der Waals surface area (Å²) in [4.78, 5) is 14.4. The lowest BCUT2D eigenvalue weighted by molar-refractivity contribution is 0.0687. The van der Waals surface area contributed by atoms with Crippen molar-refractivity contribution in [3.05, 3.63) is 41.0 Å². The molecule has 0 unspecified atom stereocenters. The number of hydrogen-bond acceptors (Lipinski definition) is 5. The van der Waals surface area contributed by atoms with Crippen LogP contribution in [0.5, 0.6) is 0 Å². The molecule has 2 aromatic rings. The van der Waals surface area contributed by atoms with Crippen molar-refractivity contribution in [1.29, 1.82) is 0 Å². The Morgan fingerprint density at radius 1 is 1.32 bits per heavy atom. The molecule has 1 heterocycles. The fourth-order valence-corrected chi connectivity index (χ4v) is 3.59. The lowest BCUT2D eigenvalue weighted by Crippen LogP contribution is -2.15. The zero-order chi connectivity index (χ0) is 14.0. The highest BCUT2D eigenvalue weighted by Crippen LogP contribution is 2.23. The topological polar surface area (TPSA) is 96.4 Å². The lowest BCUT2D eigenvalue weighted by atomic mass is 10.2. The van der Waals surface area contributed by atoms with Crippen LogP contribution in [-0.4, -0.2) is 24.5 Å². The molecule has 2 rings (SSSR count). The van der Waals surface area contributed by atoms with Crippen molar-refractivity contribution in [2.45, 2.75) is 11.1 Å². The van der Waals surface area contributed by atoms with Gasteiger partial charge < -0.3 is 5.11 Å². The molecule has 0 radical (unpaired) electrons. The predicted octanol–water partition coefficient (Wildman–Crippen LogP) is 1.95. The van der Waals surface area contributed by atoms with Crippen molar-refractivity contribution in [3.63, 3.8) is 0 Å². The van der Waals surface area contributed by atoms with Gasteiger partial charge >= 0.3 is 5.97 Å². The molecule has 0 aliphatic carbocycles. The minimum absolute atomic E-state index is 0.305. The monoisotopic (exact) mass is 298 g/mol. The largest absolute Gasteiger partial charge is 0.476 e. The molecule has 1 aromatic heterocycles. The van der Waals surface area contributed by atoms with E-state index in [1.165, 1.54) is 5.51 Å². The van der Waals surface area contributed by atoms with Crippen molar-refractivity contribution in [2.24, 2.45) is 0 Å². The minimum Gasteiger partial charge on any atom is -0.476 e. The van der Waals surface area contributed by atoms with E-state index in [2.05, 4.69) is 9.71 Å². The Morgan fingerprint density at radius 2 is 1.95 bits per heavy atom. The van der Waals surface area contributed by atoms with Gasteiger partial charge in [0.15, 0.2) is 9.90 Å². The van der Waals surface area contributed by atoms with Gasteiger partial charge in [0.25, 0.3) is 10.0 Å². The van der Waals surface area contributed by atoms with E-state index in [1.54, 1.807) is 24.3 Å². The normalized spacial score (nSPS) is 11.2. The number of hydrogen-bond donors (Lipinski definition) is 2. The number of aryl methyl sites for hydroxylation is 1. The van der Waals surface area contributed by atoms with Gasteiger partial charge in [-0.05, 0) is 19.1 Å². The highest BCUT2D eigenvalue weighted by molar-refractivity contribution is 7.94. The molecule has 19 heavy (non-hydrogen) atoms. The molecule has 0 atom stereocenters. The van der Waals surface area contributed by atoms with E-state index < -0.39 is 21.7 Å². The van der Waals surface area contributed by atoms with Gasteiger partial charge in [-0.25, -0.2) is 18.2 Å². The van der Waals surface area contributed by atoms with Gasteiger partial charge in [-0.3, -0.25) is 4.72 Å². The summed E-state index contributed by atoms with van der Waals surface area (Å²) in [7, 11) is -3.93. The SMILES string of the molecule is Cc1ccc(NS(=O)(=O)c2scnc2C(=O)O)cc1. The maximum atomic E-state index is 12.1. The average molecular weight is 298 g/mol. The molecule has 100 valence electrons. The fraction of sp³-hybridized carbons (Fsp3) is 0.0909. The Balaban J connectivity index is 2.35. The minimum atomic E-state index is -3.93. The molecule has 2 N–H and O–H groups in total. The molecule has 0 spiro atoms. The summed E-state index contributed by atoms with van der Waals surface area (Å²) >= 11 is 0.765. The molecule has 0 aliphatic heterocycles. The van der Waals surface area contributed by atoms with E-state index in [9.17, 15) is 13.2 Å². The number of carboxylic acid groups (broad SMARTS) is 1. The van der Waals surface area contributed by atoms with Gasteiger partial charge in [0.05, 0.1) is 5.51 Å². The smallest absolute Gasteiger partial charge is 0.356 e. The molecule has 0 saturated heterocycles. The van der Waals surface area contributed by atoms with Crippen LogP contribution >= 0.6 is 11.3 Å². The number of sulfonamides is 1. The second-order valence-corrected chi connectivity index (χ2v) is 6.50. The Kier molecular flexibility index (Phi) is 3.54. The van der Waals surface area contributed by atoms with Crippen LogP contribution in [0.4, 0.5) is 5.69 Å². The van der Waals surface area contributed by atoms with Gasteiger partial charge in [0, 0.05) is 5.69 Å². The maximum Gasteiger partial charge on any atom is 0.356 e. The van der Waals surface area contributed by atoms with Crippen LogP contribution in [0.25, 0.3) is 0 Å². The second kappa shape index (κ2) is 4.98. The van der Waals surface area contributed by atoms with Crippen LogP contribution in [0, 0.1) is 6.92 Å². The number of carbonyl (C=O) groups is 1. The highest BCUT2D eigenvalue weighted by Gasteiger charge is 2.25. The number of aromatic carboxylic acids is 1. The first kappa shape index (κ1) is 13.5. The molecule has 8 heteroatoms. The maximum absolute atomic E-state index is 12.1. The van der Waals surface area contributed by atoms with Gasteiger partial charge in [-0.1, -0.05) is 17.7 Å². The standard InChI is InChI=1S/C11H10N2O4S2/c1-7-2-4-8(5-3-7)13-19(16,17)11-9(10(14)15)12-6-18-11/h2-6,13H,1H3,(H,14,15). The molecule has 0 bridgehead atoms. The van der Waals surface area contributed by atoms with E-state index in [4.69, 9.17) is 5.11 Å². The molecule has 1 aromatic carbocycles. The average Bonchev–Trinajstić information content (AvgIpc) is 2.82. The first-order valence-corrected chi connectivity index (χ1v) is 7.53. The van der Waals surface area contributed by atoms with Crippen molar-refractivity contribution >= 4 is 33.0 Å². The number of benzene rings is 1. The van der Waals surface area contributed by atoms with Crippen molar-refractivity contribution in [3.8, 4) is 0 Å². The Bertz CT molecular complexity index is 705. The number of nitrogens with one attached hydrogen (secondary N) is 1. The number of nitrogens with zero attached hydrogens (tertiary/aromatic N) is 1. The quantitative estimate of drug-likeness (QED) is 0.899. The first-order valence-electron chi connectivity index (χ1n) is 5.16. The number of thiazole rings is 1. The van der Waals surface area contributed by atoms with E-state index >= 15 is 0 Å². The second-order valence-electron chi connectivity index (χ2n) is 3.77. The van der Waals surface area contributed by atoms with Crippen LogP contribution in [0.2, 0.25) is 0 Å². The van der Waals surface area contributed by atoms with Gasteiger partial charge in [0.1, 0.15) is 0 Å². The van der Waals surface area contributed by atoms with E-state index in [0.29, 0.717) is 5.69 Å². The number of carboxylic acids is 1. The van der Waals surface area contributed by atoms with Crippen molar-refractivity contribution in [2.75, 3.05) is 4.72 Å². The third kappa shape index (κ3) is 2.91. The first-order chi connectivity index (χ1) is 8.90. The van der Waals surface area contributed by atoms with E-state index in [1.807, 2.05) is 6.92 Å². The summed E-state index contributed by atoms with van der Waals surface area (Å²) in [5.41, 5.74) is 2.08. The van der Waals surface area contributed by atoms with Crippen LogP contribution < -0.4 is 4.72 Å². The lowest BCUT2D eigenvalue weighted by Gasteiger charge is -2.06. The summed E-state index contributed by atoms with van der Waals surface area (Å²) in [6, 6.07) is 6.72. The van der Waals surface area contributed by atoms with Crippen LogP contribution in [-0.2, 0) is 10.0 Å². The van der Waals surface area contributed by atoms with Crippen LogP contribution in [0.1, 0.15) is 16.1 Å². The number of anilines is 1. The highest BCUT2D eigenvalue weighted by atomic mass is 32.2. The van der Waals surface area contributed by atoms with E-state index in [0.717, 1.165) is 16.9 Å². The predicted molar refractivity (Wildman–Crippen MR) is 71.1 cm³/mol. The zero-order valence-electron chi connectivity index (χ0n) is 9.82. The van der Waals surface area contributed by atoms with Crippen LogP contribution in [0.3, 0.4) is 0 Å². The van der Waals surface area contributed by atoms with E-state index in [-0.39, 0.29) is 4.21 Å². The molecular formula is C11H10N2O4S2. The number of rotatable bonds is 4. The Morgan fingerprint density at radius 3 is 2.53 bits per heavy atom. The molecule has 0 fully saturated rings. The van der Waals surface area contributed by atoms with Gasteiger partial charge in [-0.15, -0.1) is 11.3 Å². The number of aromatic nitrogens is 1. The molecule has 0 aliphatic rings. The molecular weight excluding hydrogens is 288 g/mol. The summed E-state index contributed by atoms with van der Waals surface area (Å²) in [6.45, 7) is 1.88. The summed E-state index contributed by atoms with van der Waals surface area (Å²) in [5, 5.41) is 8.87. The van der Waals surface area contributed by atoms with Crippen molar-refractivity contribution < 1.29 is 18.3 Å². The third-order valence-electron chi connectivity index (χ3n) is 2.29. The Hall–Kier alpha value is -1.93. The van der Waals surface area contributed by atoms with Gasteiger partial charge in [0.2, 0.25) is 0 Å². The van der Waals surface area contributed by atoms with Crippen molar-refractivity contribution in [1.82, 2.24) is 4.98 Å². The fourth-order valence-electron chi connectivity index (χ4n) is 1.39. The molecule has 0 amide bonds. The van der Waals surface area contributed by atoms with Crippen LogP contribution in [0.15, 0.2) is 34.0 Å².